The van der Waals surface area contributed by atoms with Crippen LogP contribution in [0.15, 0.2) is 48.6 Å². The van der Waals surface area contributed by atoms with Crippen LogP contribution in [0.3, 0.4) is 0 Å². The highest BCUT2D eigenvalue weighted by atomic mass is 31.2. The van der Waals surface area contributed by atoms with Gasteiger partial charge in [-0.05, 0) is 44.9 Å². The van der Waals surface area contributed by atoms with E-state index in [0.717, 1.165) is 32.1 Å². The highest BCUT2D eigenvalue weighted by molar-refractivity contribution is 7.47. The molecule has 9 nitrogen and oxygen atoms in total. The molecule has 0 saturated carbocycles. The zero-order valence-corrected chi connectivity index (χ0v) is 36.2. The lowest BCUT2D eigenvalue weighted by atomic mass is 10.0. The number of phosphoric ester groups is 1. The molecule has 0 aliphatic carbocycles. The standard InChI is InChI=1S/C44H83N2O7P/c1-6-8-10-12-14-16-17-18-19-20-22-24-28-32-36-43(48)42(40-53-54(50,51)52-39-38-46(3,4)5)45-44(49)37-33-29-25-27-31-35-41(47)34-30-26-23-21-15-13-11-9-7-2/h15,21,25-27,30-31,35,41-43,47-48H,6-14,16-20,22-24,28-29,32-34,36-40H2,1-5H3,(H-,45,49,50,51)/p+1/b21-15-,27-25+,30-26-,35-31-/t41?,42-,43+/m0/s1. The van der Waals surface area contributed by atoms with Crippen LogP contribution in [-0.2, 0) is 18.4 Å². The highest BCUT2D eigenvalue weighted by Crippen LogP contribution is 2.43. The Kier molecular flexibility index (Phi) is 34.8. The summed E-state index contributed by atoms with van der Waals surface area (Å²) in [5, 5.41) is 24.0. The van der Waals surface area contributed by atoms with E-state index in [4.69, 9.17) is 9.05 Å². The Morgan fingerprint density at radius 3 is 1.87 bits per heavy atom. The number of aliphatic hydroxyl groups excluding tert-OH is 2. The number of aliphatic hydroxyl groups is 2. The molecule has 4 atom stereocenters. The predicted molar refractivity (Wildman–Crippen MR) is 227 cm³/mol. The number of hydrogen-bond acceptors (Lipinski definition) is 6. The number of carbonyl (C=O) groups is 1. The molecule has 0 saturated heterocycles. The van der Waals surface area contributed by atoms with Gasteiger partial charge in [-0.15, -0.1) is 0 Å². The molecule has 0 radical (unpaired) electrons. The third kappa shape index (κ3) is 37.3. The Morgan fingerprint density at radius 1 is 0.704 bits per heavy atom. The summed E-state index contributed by atoms with van der Waals surface area (Å²) in [5.74, 6) is -0.246. The molecular formula is C44H84N2O7P+. The van der Waals surface area contributed by atoms with Crippen molar-refractivity contribution in [1.29, 1.82) is 0 Å². The summed E-state index contributed by atoms with van der Waals surface area (Å²) in [4.78, 5) is 23.1. The molecule has 1 amide bonds. The topological polar surface area (TPSA) is 125 Å². The first-order valence-corrected chi connectivity index (χ1v) is 23.1. The van der Waals surface area contributed by atoms with Crippen molar-refractivity contribution in [1.82, 2.24) is 5.32 Å². The number of hydrogen-bond donors (Lipinski definition) is 4. The van der Waals surface area contributed by atoms with Gasteiger partial charge in [0.25, 0.3) is 0 Å². The molecule has 0 heterocycles. The molecule has 0 aliphatic heterocycles. The van der Waals surface area contributed by atoms with Crippen molar-refractivity contribution in [3.05, 3.63) is 48.6 Å². The predicted octanol–water partition coefficient (Wildman–Crippen LogP) is 10.7. The lowest BCUT2D eigenvalue weighted by Gasteiger charge is -2.26. The van der Waals surface area contributed by atoms with Crippen LogP contribution in [-0.4, -0.2) is 84.6 Å². The van der Waals surface area contributed by atoms with Gasteiger partial charge in [0.1, 0.15) is 13.2 Å². The monoisotopic (exact) mass is 784 g/mol. The molecule has 0 rings (SSSR count). The zero-order valence-electron chi connectivity index (χ0n) is 35.3. The van der Waals surface area contributed by atoms with Crippen LogP contribution in [0.5, 0.6) is 0 Å². The molecule has 0 bridgehead atoms. The smallest absolute Gasteiger partial charge is 0.391 e. The molecule has 316 valence electrons. The fourth-order valence-corrected chi connectivity index (χ4v) is 6.62. The van der Waals surface area contributed by atoms with Crippen molar-refractivity contribution in [2.45, 2.75) is 186 Å². The third-order valence-corrected chi connectivity index (χ3v) is 10.4. The molecule has 0 aromatic heterocycles. The second kappa shape index (κ2) is 35.8. The van der Waals surface area contributed by atoms with Crippen LogP contribution in [0.2, 0.25) is 0 Å². The zero-order chi connectivity index (χ0) is 40.2. The minimum Gasteiger partial charge on any atom is -0.391 e. The Hall–Kier alpha value is -1.58. The van der Waals surface area contributed by atoms with Gasteiger partial charge in [0.2, 0.25) is 5.91 Å². The van der Waals surface area contributed by atoms with Gasteiger partial charge in [-0.3, -0.25) is 13.8 Å². The minimum absolute atomic E-state index is 0.0474. The number of nitrogens with zero attached hydrogens (tertiary/aromatic N) is 1. The lowest BCUT2D eigenvalue weighted by molar-refractivity contribution is -0.870. The average molecular weight is 784 g/mol. The van der Waals surface area contributed by atoms with E-state index in [0.29, 0.717) is 36.7 Å². The van der Waals surface area contributed by atoms with Gasteiger partial charge >= 0.3 is 7.82 Å². The van der Waals surface area contributed by atoms with E-state index in [1.54, 1.807) is 6.08 Å². The SMILES string of the molecule is CCCCC/C=C\C/C=C\CC(O)/C=C\C=C\CCCC(=O)N[C@@H](COP(=O)(O)OCC[N+](C)(C)C)[C@H](O)CCCCCCCCCCCCCCCC. The number of unbranched alkanes of at least 4 members (excludes halogenated alkanes) is 17. The van der Waals surface area contributed by atoms with Crippen molar-refractivity contribution in [2.24, 2.45) is 0 Å². The normalized spacial score (nSPS) is 15.5. The van der Waals surface area contributed by atoms with Crippen LogP contribution < -0.4 is 5.32 Å². The molecule has 0 aromatic carbocycles. The lowest BCUT2D eigenvalue weighted by Crippen LogP contribution is -2.46. The molecule has 4 N–H and O–H groups in total. The maximum atomic E-state index is 12.8. The largest absolute Gasteiger partial charge is 0.472 e. The summed E-state index contributed by atoms with van der Waals surface area (Å²) in [6, 6.07) is -0.822. The first kappa shape index (κ1) is 52.4. The molecule has 0 aromatic rings. The molecule has 0 fully saturated rings. The maximum absolute atomic E-state index is 12.8. The average Bonchev–Trinajstić information content (AvgIpc) is 3.11. The van der Waals surface area contributed by atoms with Gasteiger partial charge in [-0.1, -0.05) is 165 Å². The molecule has 10 heteroatoms. The summed E-state index contributed by atoms with van der Waals surface area (Å²) in [5.41, 5.74) is 0. The van der Waals surface area contributed by atoms with Crippen molar-refractivity contribution in [3.8, 4) is 0 Å². The summed E-state index contributed by atoms with van der Waals surface area (Å²) < 4.78 is 23.5. The van der Waals surface area contributed by atoms with E-state index in [9.17, 15) is 24.5 Å². The van der Waals surface area contributed by atoms with Gasteiger partial charge in [-0.25, -0.2) is 4.57 Å². The van der Waals surface area contributed by atoms with Gasteiger partial charge in [0, 0.05) is 6.42 Å². The highest BCUT2D eigenvalue weighted by Gasteiger charge is 2.28. The third-order valence-electron chi connectivity index (χ3n) is 9.41. The first-order chi connectivity index (χ1) is 25.9. The van der Waals surface area contributed by atoms with Gasteiger partial charge in [-0.2, -0.15) is 0 Å². The van der Waals surface area contributed by atoms with Gasteiger partial charge < -0.3 is 24.9 Å². The van der Waals surface area contributed by atoms with Gasteiger partial charge in [0.05, 0.1) is 46.0 Å². The molecule has 2 unspecified atom stereocenters. The molecule has 54 heavy (non-hydrogen) atoms. The number of phosphoric acid groups is 1. The van der Waals surface area contributed by atoms with Crippen molar-refractivity contribution < 1.29 is 38.0 Å². The van der Waals surface area contributed by atoms with Crippen LogP contribution in [0.25, 0.3) is 0 Å². The fraction of sp³-hybridized carbons (Fsp3) is 0.795. The second-order valence-electron chi connectivity index (χ2n) is 15.9. The Labute approximate surface area is 332 Å². The van der Waals surface area contributed by atoms with Crippen LogP contribution in [0.4, 0.5) is 0 Å². The van der Waals surface area contributed by atoms with Crippen molar-refractivity contribution in [3.63, 3.8) is 0 Å². The second-order valence-corrected chi connectivity index (χ2v) is 17.4. The minimum atomic E-state index is -4.35. The van der Waals surface area contributed by atoms with Crippen LogP contribution >= 0.6 is 7.82 Å². The van der Waals surface area contributed by atoms with Crippen LogP contribution in [0.1, 0.15) is 168 Å². The quantitative estimate of drug-likeness (QED) is 0.0161. The number of carbonyl (C=O) groups excluding carboxylic acids is 1. The van der Waals surface area contributed by atoms with E-state index < -0.39 is 26.1 Å². The number of amides is 1. The molecular weight excluding hydrogens is 699 g/mol. The number of nitrogens with one attached hydrogen (secondary N) is 1. The first-order valence-electron chi connectivity index (χ1n) is 21.6. The van der Waals surface area contributed by atoms with E-state index in [1.165, 1.54) is 89.9 Å². The summed E-state index contributed by atoms with van der Waals surface area (Å²) in [6.07, 6.45) is 40.2. The Bertz CT molecular complexity index is 1040. The van der Waals surface area contributed by atoms with E-state index in [2.05, 4.69) is 37.4 Å². The summed E-state index contributed by atoms with van der Waals surface area (Å²) >= 11 is 0. The summed E-state index contributed by atoms with van der Waals surface area (Å²) in [7, 11) is 1.52. The van der Waals surface area contributed by atoms with Crippen molar-refractivity contribution in [2.75, 3.05) is 40.9 Å². The molecule has 0 aliphatic rings. The number of rotatable bonds is 38. The van der Waals surface area contributed by atoms with E-state index in [1.807, 2.05) is 45.4 Å². The summed E-state index contributed by atoms with van der Waals surface area (Å²) in [6.45, 7) is 4.72. The van der Waals surface area contributed by atoms with E-state index in [-0.39, 0.29) is 25.5 Å². The maximum Gasteiger partial charge on any atom is 0.472 e. The number of likely N-dealkylation sites (N-methyl/N-ethyl adjacent to an activating group) is 1. The fourth-order valence-electron chi connectivity index (χ4n) is 5.88. The van der Waals surface area contributed by atoms with Gasteiger partial charge in [0.15, 0.2) is 0 Å². The van der Waals surface area contributed by atoms with Crippen molar-refractivity contribution >= 4 is 13.7 Å². The van der Waals surface area contributed by atoms with E-state index >= 15 is 0 Å². The Morgan fingerprint density at radius 2 is 1.26 bits per heavy atom. The number of quaternary nitrogens is 1. The van der Waals surface area contributed by atoms with Crippen LogP contribution in [0, 0.1) is 0 Å². The molecule has 0 spiro atoms. The Balaban J connectivity index is 4.60. The number of allylic oxidation sites excluding steroid dienone is 6.